The van der Waals surface area contributed by atoms with Crippen LogP contribution in [0.3, 0.4) is 0 Å². The number of amides is 1. The van der Waals surface area contributed by atoms with Crippen molar-refractivity contribution in [3.05, 3.63) is 93.5 Å². The van der Waals surface area contributed by atoms with E-state index in [1.54, 1.807) is 7.11 Å². The maximum Gasteiger partial charge on any atom is 0.227 e. The van der Waals surface area contributed by atoms with E-state index >= 15 is 0 Å². The predicted octanol–water partition coefficient (Wildman–Crippen LogP) is 5.94. The number of benzene rings is 3. The molecule has 1 saturated heterocycles. The van der Waals surface area contributed by atoms with Crippen LogP contribution in [0.2, 0.25) is 10.0 Å². The molecule has 0 aromatic heterocycles. The molecule has 3 aromatic carbocycles. The molecule has 1 aliphatic rings. The smallest absolute Gasteiger partial charge is 0.227 e. The van der Waals surface area contributed by atoms with Crippen molar-refractivity contribution in [2.45, 2.75) is 19.4 Å². The fourth-order valence-electron chi connectivity index (χ4n) is 4.18. The van der Waals surface area contributed by atoms with E-state index < -0.39 is 0 Å². The average molecular weight is 469 g/mol. The van der Waals surface area contributed by atoms with E-state index in [4.69, 9.17) is 27.9 Å². The highest BCUT2D eigenvalue weighted by atomic mass is 35.5. The first-order valence-electron chi connectivity index (χ1n) is 10.6. The highest BCUT2D eigenvalue weighted by Gasteiger charge is 2.31. The molecule has 0 spiro atoms. The molecule has 4 nitrogen and oxygen atoms in total. The SMILES string of the molecule is COc1cccc(CC(=O)N2CCN(c3ccc(C)cc3Cl)C(c3ccc(Cl)cc3)C2)c1. The first-order valence-corrected chi connectivity index (χ1v) is 11.4. The van der Waals surface area contributed by atoms with Gasteiger partial charge in [0.15, 0.2) is 0 Å². The lowest BCUT2D eigenvalue weighted by molar-refractivity contribution is -0.131. The van der Waals surface area contributed by atoms with Crippen LogP contribution in [0.15, 0.2) is 66.7 Å². The van der Waals surface area contributed by atoms with Gasteiger partial charge in [-0.2, -0.15) is 0 Å². The molecule has 1 aliphatic heterocycles. The minimum atomic E-state index is -0.0181. The third-order valence-electron chi connectivity index (χ3n) is 5.89. The van der Waals surface area contributed by atoms with Gasteiger partial charge in [-0.15, -0.1) is 0 Å². The van der Waals surface area contributed by atoms with E-state index in [9.17, 15) is 4.79 Å². The molecule has 3 aromatic rings. The number of piperazine rings is 1. The van der Waals surface area contributed by atoms with E-state index in [0.29, 0.717) is 31.1 Å². The molecule has 0 saturated carbocycles. The maximum absolute atomic E-state index is 13.2. The van der Waals surface area contributed by atoms with E-state index in [2.05, 4.69) is 17.0 Å². The highest BCUT2D eigenvalue weighted by molar-refractivity contribution is 6.33. The van der Waals surface area contributed by atoms with Gasteiger partial charge in [-0.05, 0) is 60.0 Å². The van der Waals surface area contributed by atoms with E-state index in [-0.39, 0.29) is 11.9 Å². The molecule has 6 heteroatoms. The maximum atomic E-state index is 13.2. The first-order chi connectivity index (χ1) is 15.4. The minimum Gasteiger partial charge on any atom is -0.497 e. The van der Waals surface area contributed by atoms with Gasteiger partial charge in [0.1, 0.15) is 5.75 Å². The molecule has 4 rings (SSSR count). The topological polar surface area (TPSA) is 32.8 Å². The van der Waals surface area contributed by atoms with Gasteiger partial charge in [-0.3, -0.25) is 4.79 Å². The molecule has 1 atom stereocenters. The molecule has 166 valence electrons. The van der Waals surface area contributed by atoms with Crippen molar-refractivity contribution in [1.29, 1.82) is 0 Å². The zero-order valence-corrected chi connectivity index (χ0v) is 19.7. The number of ether oxygens (including phenoxy) is 1. The van der Waals surface area contributed by atoms with Crippen molar-refractivity contribution in [2.24, 2.45) is 0 Å². The lowest BCUT2D eigenvalue weighted by atomic mass is 10.00. The number of carbonyl (C=O) groups excluding carboxylic acids is 1. The monoisotopic (exact) mass is 468 g/mol. The van der Waals surface area contributed by atoms with Crippen LogP contribution in [0.25, 0.3) is 0 Å². The van der Waals surface area contributed by atoms with Crippen LogP contribution in [0.1, 0.15) is 22.7 Å². The highest BCUT2D eigenvalue weighted by Crippen LogP contribution is 2.36. The molecule has 1 heterocycles. The van der Waals surface area contributed by atoms with Gasteiger partial charge in [-0.25, -0.2) is 0 Å². The Labute approximate surface area is 199 Å². The van der Waals surface area contributed by atoms with Crippen molar-refractivity contribution in [3.63, 3.8) is 0 Å². The number of aryl methyl sites for hydroxylation is 1. The van der Waals surface area contributed by atoms with Crippen LogP contribution >= 0.6 is 23.2 Å². The molecular formula is C26H26Cl2N2O2. The number of carbonyl (C=O) groups is 1. The number of hydrogen-bond donors (Lipinski definition) is 0. The van der Waals surface area contributed by atoms with E-state index in [1.165, 1.54) is 0 Å². The molecule has 1 unspecified atom stereocenters. The largest absolute Gasteiger partial charge is 0.497 e. The Morgan fingerprint density at radius 2 is 1.81 bits per heavy atom. The second-order valence-electron chi connectivity index (χ2n) is 8.08. The van der Waals surface area contributed by atoms with Gasteiger partial charge in [0.2, 0.25) is 5.91 Å². The van der Waals surface area contributed by atoms with Crippen LogP contribution in [-0.4, -0.2) is 37.6 Å². The van der Waals surface area contributed by atoms with Crippen LogP contribution < -0.4 is 9.64 Å². The van der Waals surface area contributed by atoms with Gasteiger partial charge >= 0.3 is 0 Å². The van der Waals surface area contributed by atoms with Gasteiger partial charge < -0.3 is 14.5 Å². The van der Waals surface area contributed by atoms with Crippen LogP contribution in [0.4, 0.5) is 5.69 Å². The Morgan fingerprint density at radius 1 is 1.03 bits per heavy atom. The predicted molar refractivity (Wildman–Crippen MR) is 131 cm³/mol. The van der Waals surface area contributed by atoms with Crippen LogP contribution in [-0.2, 0) is 11.2 Å². The van der Waals surface area contributed by atoms with Gasteiger partial charge in [-0.1, -0.05) is 53.5 Å². The van der Waals surface area contributed by atoms with Crippen molar-refractivity contribution in [2.75, 3.05) is 31.6 Å². The lowest BCUT2D eigenvalue weighted by Gasteiger charge is -2.43. The van der Waals surface area contributed by atoms with Crippen molar-refractivity contribution in [3.8, 4) is 5.75 Å². The number of hydrogen-bond acceptors (Lipinski definition) is 3. The molecule has 0 radical (unpaired) electrons. The third kappa shape index (κ3) is 5.03. The second-order valence-corrected chi connectivity index (χ2v) is 8.93. The van der Waals surface area contributed by atoms with Gasteiger partial charge in [0, 0.05) is 24.7 Å². The second kappa shape index (κ2) is 9.85. The number of nitrogens with zero attached hydrogens (tertiary/aromatic N) is 2. The van der Waals surface area contributed by atoms with Gasteiger partial charge in [0.25, 0.3) is 0 Å². The molecule has 0 bridgehead atoms. The fraction of sp³-hybridized carbons (Fsp3) is 0.269. The molecule has 0 N–H and O–H groups in total. The summed E-state index contributed by atoms with van der Waals surface area (Å²) in [4.78, 5) is 17.4. The Kier molecular flexibility index (Phi) is 6.92. The Hall–Kier alpha value is -2.69. The number of methoxy groups -OCH3 is 1. The normalized spacial score (nSPS) is 16.2. The van der Waals surface area contributed by atoms with Crippen LogP contribution in [0, 0.1) is 6.92 Å². The summed E-state index contributed by atoms with van der Waals surface area (Å²) in [6.45, 7) is 3.94. The van der Waals surface area contributed by atoms with Gasteiger partial charge in [0.05, 0.1) is 30.3 Å². The summed E-state index contributed by atoms with van der Waals surface area (Å²) in [5, 5.41) is 1.41. The lowest BCUT2D eigenvalue weighted by Crippen LogP contribution is -2.51. The zero-order valence-electron chi connectivity index (χ0n) is 18.2. The molecule has 0 aliphatic carbocycles. The van der Waals surface area contributed by atoms with Crippen molar-refractivity contribution in [1.82, 2.24) is 4.90 Å². The fourth-order valence-corrected chi connectivity index (χ4v) is 4.65. The van der Waals surface area contributed by atoms with E-state index in [1.807, 2.05) is 66.4 Å². The van der Waals surface area contributed by atoms with Crippen LogP contribution in [0.5, 0.6) is 5.75 Å². The molecular weight excluding hydrogens is 443 g/mol. The summed E-state index contributed by atoms with van der Waals surface area (Å²) < 4.78 is 5.29. The molecule has 1 amide bonds. The standard InChI is InChI=1S/C26H26Cl2N2O2/c1-18-6-11-24(23(28)14-18)30-13-12-29(17-25(30)20-7-9-21(27)10-8-20)26(31)16-19-4-3-5-22(15-19)32-2/h3-11,14-15,25H,12-13,16-17H2,1-2H3. The molecule has 1 fully saturated rings. The summed E-state index contributed by atoms with van der Waals surface area (Å²) in [5.41, 5.74) is 4.15. The Bertz CT molecular complexity index is 1100. The minimum absolute atomic E-state index is 0.0181. The number of rotatable bonds is 5. The van der Waals surface area contributed by atoms with Crippen molar-refractivity contribution < 1.29 is 9.53 Å². The average Bonchev–Trinajstić information content (AvgIpc) is 2.79. The Morgan fingerprint density at radius 3 is 2.53 bits per heavy atom. The summed E-state index contributed by atoms with van der Waals surface area (Å²) in [6, 6.07) is 21.6. The third-order valence-corrected chi connectivity index (χ3v) is 6.44. The zero-order chi connectivity index (χ0) is 22.7. The first kappa shape index (κ1) is 22.5. The quantitative estimate of drug-likeness (QED) is 0.464. The summed E-state index contributed by atoms with van der Waals surface area (Å²) in [5.74, 6) is 0.861. The Balaban J connectivity index is 1.59. The van der Waals surface area contributed by atoms with E-state index in [0.717, 1.165) is 33.1 Å². The summed E-state index contributed by atoms with van der Waals surface area (Å²) >= 11 is 12.8. The number of halogens is 2. The summed E-state index contributed by atoms with van der Waals surface area (Å²) in [6.07, 6.45) is 0.343. The molecule has 32 heavy (non-hydrogen) atoms. The summed E-state index contributed by atoms with van der Waals surface area (Å²) in [7, 11) is 1.63. The number of anilines is 1. The van der Waals surface area contributed by atoms with Crippen molar-refractivity contribution >= 4 is 34.8 Å².